The number of nitrogens with zero attached hydrogens (tertiary/aromatic N) is 1. The summed E-state index contributed by atoms with van der Waals surface area (Å²) >= 11 is 0. The molecule has 0 aliphatic heterocycles. The topological polar surface area (TPSA) is 114 Å². The third kappa shape index (κ3) is 4.50. The summed E-state index contributed by atoms with van der Waals surface area (Å²) in [4.78, 5) is 40.4. The van der Waals surface area contributed by atoms with Gasteiger partial charge in [0.2, 0.25) is 11.8 Å². The average Bonchev–Trinajstić information content (AvgIpc) is 2.67. The number of benzene rings is 2. The molecular weight excluding hydrogens is 356 g/mol. The van der Waals surface area contributed by atoms with Gasteiger partial charge in [-0.1, -0.05) is 36.4 Å². The van der Waals surface area contributed by atoms with Gasteiger partial charge in [0, 0.05) is 24.4 Å². The SMILES string of the molecule is CC(=O)Nc1ccccc1C(=O)N[C@H](Cc1ccc2ccccc2n1)C(N)=O. The van der Waals surface area contributed by atoms with Crippen LogP contribution in [-0.4, -0.2) is 28.7 Å². The third-order valence-electron chi connectivity index (χ3n) is 4.20. The fraction of sp³-hybridized carbons (Fsp3) is 0.143. The molecule has 0 bridgehead atoms. The molecule has 7 nitrogen and oxygen atoms in total. The third-order valence-corrected chi connectivity index (χ3v) is 4.20. The van der Waals surface area contributed by atoms with E-state index < -0.39 is 17.9 Å². The van der Waals surface area contributed by atoms with Gasteiger partial charge in [-0.2, -0.15) is 0 Å². The molecule has 0 radical (unpaired) electrons. The summed E-state index contributed by atoms with van der Waals surface area (Å²) in [5.41, 5.74) is 7.53. The molecule has 0 unspecified atom stereocenters. The summed E-state index contributed by atoms with van der Waals surface area (Å²) in [6.07, 6.45) is 0.161. The highest BCUT2D eigenvalue weighted by Gasteiger charge is 2.22. The summed E-state index contributed by atoms with van der Waals surface area (Å²) in [5, 5.41) is 6.22. The molecule has 4 N–H and O–H groups in total. The molecule has 3 rings (SSSR count). The molecule has 28 heavy (non-hydrogen) atoms. The zero-order chi connectivity index (χ0) is 20.1. The number of carbonyl (C=O) groups is 3. The quantitative estimate of drug-likeness (QED) is 0.610. The summed E-state index contributed by atoms with van der Waals surface area (Å²) in [5.74, 6) is -1.47. The fourth-order valence-corrected chi connectivity index (χ4v) is 2.87. The van der Waals surface area contributed by atoms with Gasteiger partial charge < -0.3 is 16.4 Å². The lowest BCUT2D eigenvalue weighted by molar-refractivity contribution is -0.119. The van der Waals surface area contributed by atoms with E-state index in [0.29, 0.717) is 11.4 Å². The van der Waals surface area contributed by atoms with Crippen LogP contribution in [0.1, 0.15) is 23.0 Å². The Morgan fingerprint density at radius 1 is 1.00 bits per heavy atom. The number of primary amides is 1. The summed E-state index contributed by atoms with van der Waals surface area (Å²) in [6.45, 7) is 1.35. The second-order valence-electron chi connectivity index (χ2n) is 6.35. The Kier molecular flexibility index (Phi) is 5.64. The van der Waals surface area contributed by atoms with Gasteiger partial charge in [0.25, 0.3) is 5.91 Å². The van der Waals surface area contributed by atoms with Gasteiger partial charge in [-0.15, -0.1) is 0 Å². The number of hydrogen-bond donors (Lipinski definition) is 3. The molecule has 0 saturated heterocycles. The van der Waals surface area contributed by atoms with E-state index in [1.807, 2.05) is 30.3 Å². The number of para-hydroxylation sites is 2. The van der Waals surface area contributed by atoms with Crippen molar-refractivity contribution in [2.24, 2.45) is 5.73 Å². The molecule has 0 fully saturated rings. The molecule has 1 aromatic heterocycles. The van der Waals surface area contributed by atoms with E-state index >= 15 is 0 Å². The van der Waals surface area contributed by atoms with Crippen LogP contribution in [0.15, 0.2) is 60.7 Å². The predicted octanol–water partition coefficient (Wildman–Crippen LogP) is 2.02. The first kappa shape index (κ1) is 19.0. The van der Waals surface area contributed by atoms with Crippen LogP contribution >= 0.6 is 0 Å². The van der Waals surface area contributed by atoms with Crippen molar-refractivity contribution >= 4 is 34.3 Å². The van der Waals surface area contributed by atoms with E-state index in [4.69, 9.17) is 5.73 Å². The maximum absolute atomic E-state index is 12.7. The van der Waals surface area contributed by atoms with Crippen molar-refractivity contribution in [3.05, 3.63) is 71.9 Å². The number of nitrogens with one attached hydrogen (secondary N) is 2. The first-order valence-electron chi connectivity index (χ1n) is 8.75. The standard InChI is InChI=1S/C21H20N4O3/c1-13(26)23-18-9-5-3-7-16(18)21(28)25-19(20(22)27)12-15-11-10-14-6-2-4-8-17(14)24-15/h2-11,19H,12H2,1H3,(H2,22,27)(H,23,26)(H,25,28)/t19-/m1/s1. The van der Waals surface area contributed by atoms with Crippen LogP contribution < -0.4 is 16.4 Å². The van der Waals surface area contributed by atoms with Crippen molar-refractivity contribution in [1.82, 2.24) is 10.3 Å². The van der Waals surface area contributed by atoms with Crippen LogP contribution in [0.5, 0.6) is 0 Å². The monoisotopic (exact) mass is 376 g/mol. The van der Waals surface area contributed by atoms with Crippen LogP contribution in [0, 0.1) is 0 Å². The number of aromatic nitrogens is 1. The number of fused-ring (bicyclic) bond motifs is 1. The van der Waals surface area contributed by atoms with Crippen LogP contribution in [0.25, 0.3) is 10.9 Å². The normalized spacial score (nSPS) is 11.6. The number of pyridine rings is 1. The van der Waals surface area contributed by atoms with Crippen LogP contribution in [-0.2, 0) is 16.0 Å². The minimum Gasteiger partial charge on any atom is -0.368 e. The predicted molar refractivity (Wildman–Crippen MR) is 107 cm³/mol. The molecule has 0 aliphatic rings. The first-order valence-corrected chi connectivity index (χ1v) is 8.75. The van der Waals surface area contributed by atoms with E-state index in [1.54, 1.807) is 30.3 Å². The number of amides is 3. The minimum atomic E-state index is -0.938. The highest BCUT2D eigenvalue weighted by Crippen LogP contribution is 2.16. The Morgan fingerprint density at radius 3 is 2.46 bits per heavy atom. The Labute approximate surface area is 162 Å². The molecule has 0 aliphatic carbocycles. The van der Waals surface area contributed by atoms with Crippen molar-refractivity contribution in [2.75, 3.05) is 5.32 Å². The molecule has 2 aromatic carbocycles. The van der Waals surface area contributed by atoms with Crippen molar-refractivity contribution in [1.29, 1.82) is 0 Å². The van der Waals surface area contributed by atoms with Gasteiger partial charge in [0.1, 0.15) is 6.04 Å². The lowest BCUT2D eigenvalue weighted by Gasteiger charge is -2.17. The van der Waals surface area contributed by atoms with Gasteiger partial charge in [0.05, 0.1) is 16.8 Å². The first-order chi connectivity index (χ1) is 13.4. The number of carbonyl (C=O) groups excluding carboxylic acids is 3. The van der Waals surface area contributed by atoms with Crippen LogP contribution in [0.4, 0.5) is 5.69 Å². The lowest BCUT2D eigenvalue weighted by atomic mass is 10.1. The van der Waals surface area contributed by atoms with E-state index in [9.17, 15) is 14.4 Å². The van der Waals surface area contributed by atoms with Gasteiger partial charge in [-0.3, -0.25) is 19.4 Å². The average molecular weight is 376 g/mol. The lowest BCUT2D eigenvalue weighted by Crippen LogP contribution is -2.46. The van der Waals surface area contributed by atoms with E-state index in [1.165, 1.54) is 6.92 Å². The van der Waals surface area contributed by atoms with Gasteiger partial charge in [-0.05, 0) is 24.3 Å². The van der Waals surface area contributed by atoms with Gasteiger partial charge in [0.15, 0.2) is 0 Å². The van der Waals surface area contributed by atoms with Gasteiger partial charge in [-0.25, -0.2) is 0 Å². The second-order valence-corrected chi connectivity index (χ2v) is 6.35. The molecule has 142 valence electrons. The summed E-state index contributed by atoms with van der Waals surface area (Å²) in [7, 11) is 0. The molecular formula is C21H20N4O3. The molecule has 3 amide bonds. The maximum atomic E-state index is 12.7. The van der Waals surface area contributed by atoms with Crippen molar-refractivity contribution < 1.29 is 14.4 Å². The number of anilines is 1. The Balaban J connectivity index is 1.80. The van der Waals surface area contributed by atoms with E-state index in [0.717, 1.165) is 10.9 Å². The van der Waals surface area contributed by atoms with Crippen molar-refractivity contribution in [2.45, 2.75) is 19.4 Å². The smallest absolute Gasteiger partial charge is 0.254 e. The zero-order valence-electron chi connectivity index (χ0n) is 15.3. The van der Waals surface area contributed by atoms with Crippen LogP contribution in [0.2, 0.25) is 0 Å². The number of nitrogens with two attached hydrogens (primary N) is 1. The summed E-state index contributed by atoms with van der Waals surface area (Å²) < 4.78 is 0. The number of hydrogen-bond acceptors (Lipinski definition) is 4. The van der Waals surface area contributed by atoms with Crippen molar-refractivity contribution in [3.8, 4) is 0 Å². The molecule has 7 heteroatoms. The highest BCUT2D eigenvalue weighted by atomic mass is 16.2. The molecule has 0 spiro atoms. The van der Waals surface area contributed by atoms with E-state index in [2.05, 4.69) is 15.6 Å². The van der Waals surface area contributed by atoms with Crippen molar-refractivity contribution in [3.63, 3.8) is 0 Å². The van der Waals surface area contributed by atoms with E-state index in [-0.39, 0.29) is 17.9 Å². The number of rotatable bonds is 6. The summed E-state index contributed by atoms with van der Waals surface area (Å²) in [6, 6.07) is 16.9. The Bertz CT molecular complexity index is 1050. The fourth-order valence-electron chi connectivity index (χ4n) is 2.87. The zero-order valence-corrected chi connectivity index (χ0v) is 15.3. The molecule has 3 aromatic rings. The molecule has 1 heterocycles. The highest BCUT2D eigenvalue weighted by molar-refractivity contribution is 6.04. The largest absolute Gasteiger partial charge is 0.368 e. The van der Waals surface area contributed by atoms with Crippen LogP contribution in [0.3, 0.4) is 0 Å². The van der Waals surface area contributed by atoms with Gasteiger partial charge >= 0.3 is 0 Å². The maximum Gasteiger partial charge on any atom is 0.254 e. The molecule has 0 saturated carbocycles. The Hall–Kier alpha value is -3.74. The second kappa shape index (κ2) is 8.30. The Morgan fingerprint density at radius 2 is 1.71 bits per heavy atom. The molecule has 1 atom stereocenters. The minimum absolute atomic E-state index is 0.161.